The highest BCUT2D eigenvalue weighted by atomic mass is 35.5. The van der Waals surface area contributed by atoms with E-state index in [9.17, 15) is 13.2 Å². The van der Waals surface area contributed by atoms with Gasteiger partial charge in [0.2, 0.25) is 0 Å². The van der Waals surface area contributed by atoms with E-state index in [0.717, 1.165) is 12.0 Å². The summed E-state index contributed by atoms with van der Waals surface area (Å²) in [4.78, 5) is 15.4. The molecule has 1 aromatic heterocycles. The van der Waals surface area contributed by atoms with E-state index in [1.165, 1.54) is 12.1 Å². The number of sulfonamides is 1. The number of nitrogens with zero attached hydrogens (tertiary/aromatic N) is 1. The fourth-order valence-electron chi connectivity index (χ4n) is 3.69. The molecular formula is C23H22ClN3O4S. The van der Waals surface area contributed by atoms with Crippen LogP contribution < -0.4 is 10.1 Å². The zero-order chi connectivity index (χ0) is 22.9. The van der Waals surface area contributed by atoms with Crippen LogP contribution in [0, 0.1) is 13.8 Å². The SMILES string of the molecule is Cc1c(Cl)cccc1NC(=O)c1oc2c(c1C)/C(=N/NS(=O)(=O)c1ccccc1)CCC2. The number of hydrogen-bond acceptors (Lipinski definition) is 5. The lowest BCUT2D eigenvalue weighted by atomic mass is 9.93. The maximum Gasteiger partial charge on any atom is 0.291 e. The normalized spacial score (nSPS) is 14.8. The van der Waals surface area contributed by atoms with Crippen LogP contribution in [0.1, 0.15) is 45.8 Å². The second-order valence-corrected chi connectivity index (χ2v) is 9.61. The minimum atomic E-state index is -3.79. The Hall–Kier alpha value is -3.10. The van der Waals surface area contributed by atoms with Crippen molar-refractivity contribution >= 4 is 38.9 Å². The minimum Gasteiger partial charge on any atom is -0.455 e. The van der Waals surface area contributed by atoms with Gasteiger partial charge >= 0.3 is 0 Å². The monoisotopic (exact) mass is 471 g/mol. The summed E-state index contributed by atoms with van der Waals surface area (Å²) in [5.74, 6) is 0.403. The number of amides is 1. The molecule has 166 valence electrons. The number of benzene rings is 2. The second-order valence-electron chi connectivity index (χ2n) is 7.54. The lowest BCUT2D eigenvalue weighted by Crippen LogP contribution is -2.22. The van der Waals surface area contributed by atoms with Gasteiger partial charge in [-0.25, -0.2) is 0 Å². The summed E-state index contributed by atoms with van der Waals surface area (Å²) in [5, 5.41) is 7.58. The largest absolute Gasteiger partial charge is 0.455 e. The average molecular weight is 472 g/mol. The number of aryl methyl sites for hydroxylation is 1. The highest BCUT2D eigenvalue weighted by Gasteiger charge is 2.28. The maximum absolute atomic E-state index is 12.9. The number of fused-ring (bicyclic) bond motifs is 1. The highest BCUT2D eigenvalue weighted by molar-refractivity contribution is 7.89. The van der Waals surface area contributed by atoms with Gasteiger partial charge in [-0.3, -0.25) is 4.79 Å². The average Bonchev–Trinajstić information content (AvgIpc) is 3.13. The number of hydrazone groups is 1. The van der Waals surface area contributed by atoms with E-state index < -0.39 is 15.9 Å². The zero-order valence-electron chi connectivity index (χ0n) is 17.6. The van der Waals surface area contributed by atoms with Crippen LogP contribution in [0.4, 0.5) is 5.69 Å². The van der Waals surface area contributed by atoms with Crippen molar-refractivity contribution in [3.8, 4) is 0 Å². The van der Waals surface area contributed by atoms with Crippen LogP contribution >= 0.6 is 11.6 Å². The smallest absolute Gasteiger partial charge is 0.291 e. The fraction of sp³-hybridized carbons (Fsp3) is 0.217. The summed E-state index contributed by atoms with van der Waals surface area (Å²) < 4.78 is 30.9. The van der Waals surface area contributed by atoms with Crippen molar-refractivity contribution in [3.63, 3.8) is 0 Å². The molecule has 32 heavy (non-hydrogen) atoms. The third-order valence-corrected chi connectivity index (χ3v) is 7.04. The van der Waals surface area contributed by atoms with E-state index in [2.05, 4.69) is 15.2 Å². The lowest BCUT2D eigenvalue weighted by molar-refractivity contribution is 0.0994. The number of anilines is 1. The van der Waals surface area contributed by atoms with E-state index in [-0.39, 0.29) is 10.7 Å². The Balaban J connectivity index is 1.62. The Kier molecular flexibility index (Phi) is 6.08. The molecule has 0 bridgehead atoms. The van der Waals surface area contributed by atoms with Crippen molar-refractivity contribution in [1.29, 1.82) is 0 Å². The molecule has 0 atom stereocenters. The second kappa shape index (κ2) is 8.80. The fourth-order valence-corrected chi connectivity index (χ4v) is 4.71. The standard InChI is InChI=1S/C23H22ClN3O4S/c1-14-17(24)10-6-11-18(14)25-23(28)22-15(2)21-19(12-7-13-20(21)31-22)26-27-32(29,30)16-8-4-3-5-9-16/h3-6,8-11,27H,7,12-13H2,1-2H3,(H,25,28)/b26-19+. The molecule has 0 unspecified atom stereocenters. The molecule has 2 N–H and O–H groups in total. The van der Waals surface area contributed by atoms with Gasteiger partial charge in [0.15, 0.2) is 5.76 Å². The first kappa shape index (κ1) is 22.1. The number of rotatable bonds is 5. The molecule has 4 rings (SSSR count). The summed E-state index contributed by atoms with van der Waals surface area (Å²) in [6.45, 7) is 3.59. The molecule has 0 radical (unpaired) electrons. The van der Waals surface area contributed by atoms with E-state index in [0.29, 0.717) is 46.2 Å². The molecule has 0 fully saturated rings. The molecule has 3 aromatic rings. The predicted molar refractivity (Wildman–Crippen MR) is 124 cm³/mol. The van der Waals surface area contributed by atoms with Gasteiger partial charge in [0, 0.05) is 28.3 Å². The van der Waals surface area contributed by atoms with E-state index in [4.69, 9.17) is 16.0 Å². The van der Waals surface area contributed by atoms with Crippen molar-refractivity contribution in [2.75, 3.05) is 5.32 Å². The summed E-state index contributed by atoms with van der Waals surface area (Å²) in [7, 11) is -3.79. The van der Waals surface area contributed by atoms with E-state index in [1.54, 1.807) is 43.3 Å². The molecule has 2 aromatic carbocycles. The summed E-state index contributed by atoms with van der Waals surface area (Å²) in [6, 6.07) is 13.3. The first-order valence-electron chi connectivity index (χ1n) is 10.1. The first-order valence-corrected chi connectivity index (χ1v) is 12.0. The third kappa shape index (κ3) is 4.28. The lowest BCUT2D eigenvalue weighted by Gasteiger charge is -2.14. The van der Waals surface area contributed by atoms with Crippen LogP contribution in [0.5, 0.6) is 0 Å². The Morgan fingerprint density at radius 1 is 1.03 bits per heavy atom. The molecule has 0 saturated carbocycles. The van der Waals surface area contributed by atoms with Gasteiger partial charge < -0.3 is 9.73 Å². The molecular weight excluding hydrogens is 450 g/mol. The summed E-state index contributed by atoms with van der Waals surface area (Å²) in [6.07, 6.45) is 1.95. The molecule has 9 heteroatoms. The van der Waals surface area contributed by atoms with Crippen LogP contribution in [-0.4, -0.2) is 20.0 Å². The van der Waals surface area contributed by atoms with Crippen LogP contribution in [-0.2, 0) is 16.4 Å². The van der Waals surface area contributed by atoms with Crippen LogP contribution in [0.2, 0.25) is 5.02 Å². The van der Waals surface area contributed by atoms with Gasteiger partial charge in [0.25, 0.3) is 15.9 Å². The molecule has 0 saturated heterocycles. The van der Waals surface area contributed by atoms with Gasteiger partial charge in [0.05, 0.1) is 10.6 Å². The van der Waals surface area contributed by atoms with Crippen molar-refractivity contribution < 1.29 is 17.6 Å². The molecule has 1 amide bonds. The third-order valence-electron chi connectivity index (χ3n) is 5.40. The molecule has 1 aliphatic rings. The number of hydrogen-bond donors (Lipinski definition) is 2. The van der Waals surface area contributed by atoms with Crippen molar-refractivity contribution in [3.05, 3.63) is 81.8 Å². The topological polar surface area (TPSA) is 101 Å². The Morgan fingerprint density at radius 3 is 2.53 bits per heavy atom. The molecule has 0 aliphatic heterocycles. The molecule has 7 nitrogen and oxygen atoms in total. The number of halogens is 1. The molecule has 1 heterocycles. The maximum atomic E-state index is 12.9. The van der Waals surface area contributed by atoms with Crippen LogP contribution in [0.3, 0.4) is 0 Å². The Labute approximate surface area is 191 Å². The van der Waals surface area contributed by atoms with E-state index >= 15 is 0 Å². The van der Waals surface area contributed by atoms with Gasteiger partial charge in [-0.1, -0.05) is 35.9 Å². The number of furan rings is 1. The first-order chi connectivity index (χ1) is 15.3. The Morgan fingerprint density at radius 2 is 1.78 bits per heavy atom. The van der Waals surface area contributed by atoms with Crippen molar-refractivity contribution in [2.24, 2.45) is 5.10 Å². The molecule has 0 spiro atoms. The van der Waals surface area contributed by atoms with Crippen molar-refractivity contribution in [2.45, 2.75) is 38.0 Å². The highest BCUT2D eigenvalue weighted by Crippen LogP contribution is 2.31. The predicted octanol–water partition coefficient (Wildman–Crippen LogP) is 4.82. The minimum absolute atomic E-state index is 0.126. The summed E-state index contributed by atoms with van der Waals surface area (Å²) in [5.41, 5.74) is 3.20. The number of carbonyl (C=O) groups excluding carboxylic acids is 1. The van der Waals surface area contributed by atoms with Gasteiger partial charge in [-0.15, -0.1) is 0 Å². The number of nitrogens with one attached hydrogen (secondary N) is 2. The van der Waals surface area contributed by atoms with Crippen molar-refractivity contribution in [1.82, 2.24) is 4.83 Å². The van der Waals surface area contributed by atoms with Gasteiger partial charge in [0.1, 0.15) is 5.76 Å². The number of carbonyl (C=O) groups is 1. The van der Waals surface area contributed by atoms with Crippen LogP contribution in [0.25, 0.3) is 0 Å². The van der Waals surface area contributed by atoms with E-state index in [1.807, 2.05) is 6.92 Å². The summed E-state index contributed by atoms with van der Waals surface area (Å²) >= 11 is 6.15. The van der Waals surface area contributed by atoms with Crippen LogP contribution in [0.15, 0.2) is 62.9 Å². The quantitative estimate of drug-likeness (QED) is 0.521. The Bertz CT molecular complexity index is 1310. The molecule has 1 aliphatic carbocycles. The van der Waals surface area contributed by atoms with Gasteiger partial charge in [-0.2, -0.15) is 18.4 Å². The zero-order valence-corrected chi connectivity index (χ0v) is 19.2. The van der Waals surface area contributed by atoms with Gasteiger partial charge in [-0.05, 0) is 56.5 Å².